The average molecular weight is 305 g/mol. The molecule has 0 aliphatic heterocycles. The Morgan fingerprint density at radius 3 is 2.37 bits per heavy atom. The topological polar surface area (TPSA) is 52.7 Å². The van der Waals surface area contributed by atoms with Crippen molar-refractivity contribution in [3.8, 4) is 0 Å². The van der Waals surface area contributed by atoms with Gasteiger partial charge in [-0.15, -0.1) is 11.3 Å². The normalized spacial score (nSPS) is 14.2. The van der Waals surface area contributed by atoms with Crippen molar-refractivity contribution in [3.63, 3.8) is 0 Å². The second kappa shape index (κ2) is 7.35. The van der Waals surface area contributed by atoms with E-state index in [0.717, 1.165) is 13.1 Å². The summed E-state index contributed by atoms with van der Waals surface area (Å²) in [5.74, 6) is 0. The largest absolute Gasteiger partial charge is 0.295 e. The molecule has 0 bridgehead atoms. The number of nitrogens with zero attached hydrogens (tertiary/aromatic N) is 2. The lowest BCUT2D eigenvalue weighted by atomic mass is 10.2. The van der Waals surface area contributed by atoms with Crippen molar-refractivity contribution in [1.82, 2.24) is 13.9 Å². The summed E-state index contributed by atoms with van der Waals surface area (Å²) in [6, 6.07) is 4.14. The maximum atomic E-state index is 11.8. The molecule has 0 aliphatic carbocycles. The van der Waals surface area contributed by atoms with Gasteiger partial charge in [0, 0.05) is 25.5 Å². The Bertz CT molecular complexity index is 453. The molecule has 0 spiro atoms. The van der Waals surface area contributed by atoms with Crippen molar-refractivity contribution in [3.05, 3.63) is 22.4 Å². The molecular weight excluding hydrogens is 282 g/mol. The smallest absolute Gasteiger partial charge is 0.278 e. The number of hydrogen-bond donors (Lipinski definition) is 1. The first-order chi connectivity index (χ1) is 8.92. The van der Waals surface area contributed by atoms with Crippen molar-refractivity contribution < 1.29 is 8.42 Å². The van der Waals surface area contributed by atoms with Crippen molar-refractivity contribution in [1.29, 1.82) is 0 Å². The maximum absolute atomic E-state index is 11.8. The highest BCUT2D eigenvalue weighted by molar-refractivity contribution is 7.87. The second-order valence-electron chi connectivity index (χ2n) is 4.39. The van der Waals surface area contributed by atoms with Gasteiger partial charge in [-0.25, -0.2) is 4.72 Å². The Hall–Kier alpha value is -0.470. The molecule has 1 heterocycles. The molecule has 1 rings (SSSR count). The molecule has 0 aliphatic rings. The number of likely N-dealkylation sites (N-methyl/N-ethyl adjacent to an activating group) is 1. The molecule has 0 saturated carbocycles. The predicted octanol–water partition coefficient (Wildman–Crippen LogP) is 1.53. The van der Waals surface area contributed by atoms with E-state index in [2.05, 4.69) is 29.5 Å². The van der Waals surface area contributed by atoms with E-state index in [1.807, 2.05) is 11.4 Å². The summed E-state index contributed by atoms with van der Waals surface area (Å²) in [5, 5.41) is 2.02. The van der Waals surface area contributed by atoms with Crippen molar-refractivity contribution in [2.75, 3.05) is 33.7 Å². The Balaban J connectivity index is 2.82. The molecule has 5 nitrogen and oxygen atoms in total. The van der Waals surface area contributed by atoms with Crippen molar-refractivity contribution >= 4 is 21.5 Å². The number of hydrogen-bond acceptors (Lipinski definition) is 4. The number of thiophene rings is 1. The Labute approximate surface area is 120 Å². The van der Waals surface area contributed by atoms with Crippen LogP contribution in [0.5, 0.6) is 0 Å². The van der Waals surface area contributed by atoms with Gasteiger partial charge in [0.2, 0.25) is 0 Å². The Morgan fingerprint density at radius 2 is 1.95 bits per heavy atom. The fraction of sp³-hybridized carbons (Fsp3) is 0.667. The minimum Gasteiger partial charge on any atom is -0.295 e. The first-order valence-corrected chi connectivity index (χ1v) is 8.68. The average Bonchev–Trinajstić information content (AvgIpc) is 2.87. The van der Waals surface area contributed by atoms with Gasteiger partial charge in [0.25, 0.3) is 10.2 Å². The van der Waals surface area contributed by atoms with E-state index in [9.17, 15) is 8.42 Å². The lowest BCUT2D eigenvalue weighted by molar-refractivity contribution is 0.222. The molecule has 0 radical (unpaired) electrons. The third kappa shape index (κ3) is 4.54. The fourth-order valence-corrected chi connectivity index (χ4v) is 3.36. The molecule has 0 aromatic carbocycles. The molecule has 1 unspecified atom stereocenters. The standard InChI is InChI=1S/C12H23N3O2S2/c1-5-15(6-2)11(12-8-7-9-18-12)10-13-19(16,17)14(3)4/h7-9,11,13H,5-6,10H2,1-4H3. The molecule has 1 aromatic heterocycles. The molecule has 0 amide bonds. The first-order valence-electron chi connectivity index (χ1n) is 6.36. The van der Waals surface area contributed by atoms with Crippen LogP contribution in [0.15, 0.2) is 17.5 Å². The van der Waals surface area contributed by atoms with Crippen molar-refractivity contribution in [2.24, 2.45) is 0 Å². The maximum Gasteiger partial charge on any atom is 0.278 e. The SMILES string of the molecule is CCN(CC)C(CNS(=O)(=O)N(C)C)c1cccs1. The number of rotatable bonds is 8. The number of nitrogens with one attached hydrogen (secondary N) is 1. The molecule has 0 fully saturated rings. The van der Waals surface area contributed by atoms with Gasteiger partial charge in [-0.3, -0.25) is 4.90 Å². The summed E-state index contributed by atoms with van der Waals surface area (Å²) in [6.45, 7) is 6.35. The molecule has 19 heavy (non-hydrogen) atoms. The first kappa shape index (κ1) is 16.6. The van der Waals surface area contributed by atoms with Crippen LogP contribution in [-0.4, -0.2) is 51.4 Å². The lowest BCUT2D eigenvalue weighted by Gasteiger charge is -2.29. The monoisotopic (exact) mass is 305 g/mol. The van der Waals surface area contributed by atoms with E-state index in [1.54, 1.807) is 11.3 Å². The van der Waals surface area contributed by atoms with Gasteiger partial charge < -0.3 is 0 Å². The third-order valence-electron chi connectivity index (χ3n) is 3.06. The Kier molecular flexibility index (Phi) is 6.41. The van der Waals surface area contributed by atoms with Crippen LogP contribution in [0.25, 0.3) is 0 Å². The summed E-state index contributed by atoms with van der Waals surface area (Å²) in [4.78, 5) is 3.44. The summed E-state index contributed by atoms with van der Waals surface area (Å²) in [7, 11) is -0.318. The minimum atomic E-state index is -3.37. The van der Waals surface area contributed by atoms with Gasteiger partial charge in [-0.1, -0.05) is 19.9 Å². The molecule has 1 aromatic rings. The van der Waals surface area contributed by atoms with Crippen LogP contribution in [-0.2, 0) is 10.2 Å². The third-order valence-corrected chi connectivity index (χ3v) is 5.53. The van der Waals surface area contributed by atoms with Gasteiger partial charge in [0.05, 0.1) is 6.04 Å². The van der Waals surface area contributed by atoms with Crippen LogP contribution < -0.4 is 4.72 Å². The van der Waals surface area contributed by atoms with E-state index in [1.165, 1.54) is 23.3 Å². The molecule has 0 saturated heterocycles. The van der Waals surface area contributed by atoms with Crippen LogP contribution >= 0.6 is 11.3 Å². The molecule has 1 atom stereocenters. The van der Waals surface area contributed by atoms with E-state index in [-0.39, 0.29) is 6.04 Å². The van der Waals surface area contributed by atoms with Crippen LogP contribution in [0.3, 0.4) is 0 Å². The van der Waals surface area contributed by atoms with Crippen LogP contribution in [0.1, 0.15) is 24.8 Å². The van der Waals surface area contributed by atoms with Crippen LogP contribution in [0.4, 0.5) is 0 Å². The molecule has 1 N–H and O–H groups in total. The van der Waals surface area contributed by atoms with Crippen LogP contribution in [0, 0.1) is 0 Å². The molecule has 7 heteroatoms. The molecule has 110 valence electrons. The highest BCUT2D eigenvalue weighted by Gasteiger charge is 2.22. The van der Waals surface area contributed by atoms with Gasteiger partial charge in [0.1, 0.15) is 0 Å². The van der Waals surface area contributed by atoms with E-state index < -0.39 is 10.2 Å². The highest BCUT2D eigenvalue weighted by atomic mass is 32.2. The fourth-order valence-electron chi connectivity index (χ4n) is 1.87. The summed E-state index contributed by atoms with van der Waals surface area (Å²) >= 11 is 1.66. The van der Waals surface area contributed by atoms with Gasteiger partial charge in [-0.2, -0.15) is 12.7 Å². The second-order valence-corrected chi connectivity index (χ2v) is 7.34. The Morgan fingerprint density at radius 1 is 1.32 bits per heavy atom. The summed E-state index contributed by atoms with van der Waals surface area (Å²) in [6.07, 6.45) is 0. The molecular formula is C12H23N3O2S2. The zero-order valence-corrected chi connectivity index (χ0v) is 13.6. The van der Waals surface area contributed by atoms with Gasteiger partial charge in [-0.05, 0) is 24.5 Å². The van der Waals surface area contributed by atoms with Crippen LogP contribution in [0.2, 0.25) is 0 Å². The zero-order valence-electron chi connectivity index (χ0n) is 12.0. The minimum absolute atomic E-state index is 0.0877. The zero-order chi connectivity index (χ0) is 14.5. The van der Waals surface area contributed by atoms with E-state index >= 15 is 0 Å². The van der Waals surface area contributed by atoms with Gasteiger partial charge >= 0.3 is 0 Å². The van der Waals surface area contributed by atoms with E-state index in [0.29, 0.717) is 6.54 Å². The summed E-state index contributed by atoms with van der Waals surface area (Å²) < 4.78 is 27.5. The predicted molar refractivity (Wildman–Crippen MR) is 80.6 cm³/mol. The van der Waals surface area contributed by atoms with Gasteiger partial charge in [0.15, 0.2) is 0 Å². The summed E-state index contributed by atoms with van der Waals surface area (Å²) in [5.41, 5.74) is 0. The quantitative estimate of drug-likeness (QED) is 0.792. The highest BCUT2D eigenvalue weighted by Crippen LogP contribution is 2.24. The lowest BCUT2D eigenvalue weighted by Crippen LogP contribution is -2.42. The van der Waals surface area contributed by atoms with Crippen molar-refractivity contribution in [2.45, 2.75) is 19.9 Å². The van der Waals surface area contributed by atoms with E-state index in [4.69, 9.17) is 0 Å².